The van der Waals surface area contributed by atoms with E-state index in [9.17, 15) is 0 Å². The Bertz CT molecular complexity index is 2050. The zero-order valence-electron chi connectivity index (χ0n) is 21.0. The molecule has 0 radical (unpaired) electrons. The first-order valence-electron chi connectivity index (χ1n) is 13.8. The molecule has 1 unspecified atom stereocenters. The Morgan fingerprint density at radius 3 is 2.49 bits per heavy atom. The molecule has 37 heavy (non-hydrogen) atoms. The van der Waals surface area contributed by atoms with Crippen molar-refractivity contribution < 1.29 is 0 Å². The Hall–Kier alpha value is -4.04. The molecule has 178 valence electrons. The Balaban J connectivity index is 1.40. The van der Waals surface area contributed by atoms with Crippen molar-refractivity contribution in [3.8, 4) is 11.1 Å². The SMILES string of the molecule is CC1Cc2c([nH]c3c2cc2c4ccc(-c5ccccc5)cc4n4c5ccccc5c3c24)C=C1CC1CC1. The van der Waals surface area contributed by atoms with Crippen molar-refractivity contribution in [2.45, 2.75) is 32.6 Å². The summed E-state index contributed by atoms with van der Waals surface area (Å²) in [6.07, 6.45) is 7.75. The lowest BCUT2D eigenvalue weighted by Crippen LogP contribution is -2.09. The Morgan fingerprint density at radius 2 is 1.62 bits per heavy atom. The molecule has 9 rings (SSSR count). The van der Waals surface area contributed by atoms with E-state index >= 15 is 0 Å². The second-order valence-electron chi connectivity index (χ2n) is 11.5. The molecule has 1 atom stereocenters. The Kier molecular flexibility index (Phi) is 3.82. The fraction of sp³-hybridized carbons (Fsp3) is 0.200. The lowest BCUT2D eigenvalue weighted by molar-refractivity contribution is 0.617. The van der Waals surface area contributed by atoms with E-state index in [0.717, 1.165) is 12.3 Å². The fourth-order valence-electron chi connectivity index (χ4n) is 7.12. The van der Waals surface area contributed by atoms with Crippen LogP contribution >= 0.6 is 0 Å². The first-order chi connectivity index (χ1) is 18.2. The van der Waals surface area contributed by atoms with Crippen molar-refractivity contribution in [1.29, 1.82) is 0 Å². The highest BCUT2D eigenvalue weighted by atomic mass is 14.9. The molecule has 1 saturated carbocycles. The molecular formula is C35H28N2. The van der Waals surface area contributed by atoms with Gasteiger partial charge in [0.05, 0.1) is 22.1 Å². The van der Waals surface area contributed by atoms with Gasteiger partial charge in [0.1, 0.15) is 0 Å². The van der Waals surface area contributed by atoms with Gasteiger partial charge in [0.2, 0.25) is 0 Å². The third-order valence-corrected chi connectivity index (χ3v) is 9.18. The van der Waals surface area contributed by atoms with Gasteiger partial charge in [-0.05, 0) is 78.5 Å². The van der Waals surface area contributed by atoms with Gasteiger partial charge in [0, 0.05) is 32.6 Å². The van der Waals surface area contributed by atoms with Crippen molar-refractivity contribution >= 4 is 55.1 Å². The van der Waals surface area contributed by atoms with E-state index in [1.165, 1.54) is 90.6 Å². The lowest BCUT2D eigenvalue weighted by Gasteiger charge is -2.21. The third kappa shape index (κ3) is 2.71. The van der Waals surface area contributed by atoms with Crippen LogP contribution in [0.4, 0.5) is 0 Å². The second-order valence-corrected chi connectivity index (χ2v) is 11.5. The molecule has 1 N–H and O–H groups in total. The number of H-pyrrole nitrogens is 1. The summed E-state index contributed by atoms with van der Waals surface area (Å²) < 4.78 is 2.51. The highest BCUT2D eigenvalue weighted by Crippen LogP contribution is 2.47. The van der Waals surface area contributed by atoms with E-state index in [-0.39, 0.29) is 0 Å². The minimum absolute atomic E-state index is 0.624. The molecule has 1 fully saturated rings. The van der Waals surface area contributed by atoms with Crippen LogP contribution in [-0.4, -0.2) is 9.38 Å². The smallest absolute Gasteiger partial charge is 0.0641 e. The maximum atomic E-state index is 3.94. The van der Waals surface area contributed by atoms with Crippen molar-refractivity contribution in [3.63, 3.8) is 0 Å². The number of fused-ring (bicyclic) bond motifs is 10. The summed E-state index contributed by atoms with van der Waals surface area (Å²) in [5.41, 5.74) is 12.3. The standard InChI is InChI=1S/C35H28N2/c1-20-15-27-28-19-29-25-14-13-23(22-7-3-2-4-8-22)18-32(25)37-31-10-6-5-9-26(31)33(35(29)37)34(28)36-30(27)17-24(20)16-21-11-12-21/h2-10,13-14,17-21,36H,11-12,15-16H2,1H3. The van der Waals surface area contributed by atoms with Gasteiger partial charge in [0.15, 0.2) is 0 Å². The van der Waals surface area contributed by atoms with E-state index in [1.54, 1.807) is 5.57 Å². The van der Waals surface area contributed by atoms with E-state index in [0.29, 0.717) is 5.92 Å². The summed E-state index contributed by atoms with van der Waals surface area (Å²) in [6, 6.07) is 29.2. The third-order valence-electron chi connectivity index (χ3n) is 9.18. The number of hydrogen-bond acceptors (Lipinski definition) is 0. The quantitative estimate of drug-likeness (QED) is 0.262. The largest absolute Gasteiger partial charge is 0.354 e. The summed E-state index contributed by atoms with van der Waals surface area (Å²) in [5.74, 6) is 1.55. The summed E-state index contributed by atoms with van der Waals surface area (Å²) in [5, 5.41) is 6.84. The summed E-state index contributed by atoms with van der Waals surface area (Å²) >= 11 is 0. The molecule has 0 saturated heterocycles. The number of para-hydroxylation sites is 1. The summed E-state index contributed by atoms with van der Waals surface area (Å²) in [6.45, 7) is 2.43. The van der Waals surface area contributed by atoms with Gasteiger partial charge in [-0.2, -0.15) is 0 Å². The van der Waals surface area contributed by atoms with Crippen molar-refractivity contribution in [2.75, 3.05) is 0 Å². The number of nitrogens with zero attached hydrogens (tertiary/aromatic N) is 1. The maximum Gasteiger partial charge on any atom is 0.0641 e. The molecule has 2 aliphatic rings. The highest BCUT2D eigenvalue weighted by Gasteiger charge is 2.29. The molecular weight excluding hydrogens is 448 g/mol. The molecule has 2 nitrogen and oxygen atoms in total. The first kappa shape index (κ1) is 20.1. The van der Waals surface area contributed by atoms with E-state index in [4.69, 9.17) is 0 Å². The normalized spacial score (nSPS) is 18.0. The second kappa shape index (κ2) is 7.04. The molecule has 0 aliphatic heterocycles. The van der Waals surface area contributed by atoms with Crippen LogP contribution in [0.25, 0.3) is 66.2 Å². The number of benzene rings is 4. The predicted molar refractivity (Wildman–Crippen MR) is 157 cm³/mol. The van der Waals surface area contributed by atoms with Gasteiger partial charge >= 0.3 is 0 Å². The summed E-state index contributed by atoms with van der Waals surface area (Å²) in [7, 11) is 0. The Labute approximate surface area is 215 Å². The van der Waals surface area contributed by atoms with Crippen LogP contribution in [0.15, 0.2) is 84.4 Å². The zero-order chi connectivity index (χ0) is 24.2. The number of hydrogen-bond donors (Lipinski definition) is 1. The topological polar surface area (TPSA) is 20.2 Å². The first-order valence-corrected chi connectivity index (χ1v) is 13.8. The number of rotatable bonds is 3. The molecule has 7 aromatic rings. The monoisotopic (exact) mass is 476 g/mol. The van der Waals surface area contributed by atoms with Gasteiger partial charge < -0.3 is 9.38 Å². The molecule has 0 bridgehead atoms. The van der Waals surface area contributed by atoms with Gasteiger partial charge in [0.25, 0.3) is 0 Å². The van der Waals surface area contributed by atoms with Crippen LogP contribution in [0.3, 0.4) is 0 Å². The van der Waals surface area contributed by atoms with Crippen molar-refractivity contribution in [2.24, 2.45) is 11.8 Å². The minimum Gasteiger partial charge on any atom is -0.354 e. The fourth-order valence-corrected chi connectivity index (χ4v) is 7.12. The summed E-state index contributed by atoms with van der Waals surface area (Å²) in [4.78, 5) is 3.94. The number of allylic oxidation sites excluding steroid dienone is 1. The van der Waals surface area contributed by atoms with Gasteiger partial charge in [-0.25, -0.2) is 0 Å². The van der Waals surface area contributed by atoms with Crippen LogP contribution < -0.4 is 0 Å². The van der Waals surface area contributed by atoms with Gasteiger partial charge in [-0.3, -0.25) is 0 Å². The molecule has 3 heterocycles. The van der Waals surface area contributed by atoms with Crippen LogP contribution in [-0.2, 0) is 6.42 Å². The van der Waals surface area contributed by atoms with Gasteiger partial charge in [-0.1, -0.05) is 73.2 Å². The molecule has 2 aliphatic carbocycles. The molecule has 4 aromatic carbocycles. The number of nitrogens with one attached hydrogen (secondary N) is 1. The van der Waals surface area contributed by atoms with Crippen LogP contribution in [0.1, 0.15) is 37.4 Å². The molecule has 0 spiro atoms. The predicted octanol–water partition coefficient (Wildman–Crippen LogP) is 9.36. The highest BCUT2D eigenvalue weighted by molar-refractivity contribution is 6.31. The average Bonchev–Trinajstić information content (AvgIpc) is 3.47. The molecule has 0 amide bonds. The van der Waals surface area contributed by atoms with E-state index < -0.39 is 0 Å². The zero-order valence-corrected chi connectivity index (χ0v) is 21.0. The average molecular weight is 477 g/mol. The van der Waals surface area contributed by atoms with Crippen LogP contribution in [0.5, 0.6) is 0 Å². The molecule has 2 heteroatoms. The van der Waals surface area contributed by atoms with Crippen molar-refractivity contribution in [3.05, 3.63) is 95.7 Å². The van der Waals surface area contributed by atoms with Crippen molar-refractivity contribution in [1.82, 2.24) is 9.38 Å². The maximum absolute atomic E-state index is 3.94. The molecule has 3 aromatic heterocycles. The van der Waals surface area contributed by atoms with Crippen LogP contribution in [0, 0.1) is 11.8 Å². The number of aromatic nitrogens is 2. The van der Waals surface area contributed by atoms with Crippen LogP contribution in [0.2, 0.25) is 0 Å². The Morgan fingerprint density at radius 1 is 0.784 bits per heavy atom. The minimum atomic E-state index is 0.624. The lowest BCUT2D eigenvalue weighted by atomic mass is 9.84. The van der Waals surface area contributed by atoms with E-state index in [1.807, 2.05) is 0 Å². The van der Waals surface area contributed by atoms with E-state index in [2.05, 4.69) is 101 Å². The van der Waals surface area contributed by atoms with Gasteiger partial charge in [-0.15, -0.1) is 0 Å². The number of aromatic amines is 1.